The maximum atomic E-state index is 12.6. The first-order valence-corrected chi connectivity index (χ1v) is 8.06. The number of hydrogen-bond donors (Lipinski definition) is 0. The van der Waals surface area contributed by atoms with Gasteiger partial charge in [0, 0.05) is 17.0 Å². The van der Waals surface area contributed by atoms with Gasteiger partial charge in [-0.15, -0.1) is 17.9 Å². The Hall–Kier alpha value is -1.58. The zero-order chi connectivity index (χ0) is 15.2. The van der Waals surface area contributed by atoms with Crippen LogP contribution < -0.4 is 0 Å². The number of benzene rings is 1. The molecule has 0 saturated heterocycles. The van der Waals surface area contributed by atoms with Crippen molar-refractivity contribution in [1.82, 2.24) is 4.90 Å². The van der Waals surface area contributed by atoms with Crippen LogP contribution in [0.1, 0.15) is 27.7 Å². The van der Waals surface area contributed by atoms with E-state index < -0.39 is 0 Å². The van der Waals surface area contributed by atoms with E-state index in [4.69, 9.17) is 11.6 Å². The molecule has 2 rings (SSSR count). The first kappa shape index (κ1) is 15.8. The van der Waals surface area contributed by atoms with E-state index in [1.165, 1.54) is 16.9 Å². The van der Waals surface area contributed by atoms with Gasteiger partial charge in [-0.1, -0.05) is 36.7 Å². The molecule has 0 aliphatic heterocycles. The lowest BCUT2D eigenvalue weighted by Gasteiger charge is -2.20. The van der Waals surface area contributed by atoms with Crippen LogP contribution in [0.3, 0.4) is 0 Å². The van der Waals surface area contributed by atoms with Crippen LogP contribution in [0, 0.1) is 0 Å². The lowest BCUT2D eigenvalue weighted by Crippen LogP contribution is -2.30. The topological polar surface area (TPSA) is 20.3 Å². The van der Waals surface area contributed by atoms with E-state index >= 15 is 0 Å². The fourth-order valence-corrected chi connectivity index (χ4v) is 3.17. The van der Waals surface area contributed by atoms with E-state index in [0.29, 0.717) is 18.7 Å². The fraction of sp³-hybridized carbons (Fsp3) is 0.235. The highest BCUT2D eigenvalue weighted by molar-refractivity contribution is 7.16. The van der Waals surface area contributed by atoms with Gasteiger partial charge in [0.1, 0.15) is 0 Å². The predicted molar refractivity (Wildman–Crippen MR) is 90.1 cm³/mol. The molecule has 2 nitrogen and oxygen atoms in total. The Morgan fingerprint density at radius 1 is 1.29 bits per heavy atom. The summed E-state index contributed by atoms with van der Waals surface area (Å²) in [4.78, 5) is 15.4. The Morgan fingerprint density at radius 3 is 2.52 bits per heavy atom. The van der Waals surface area contributed by atoms with Gasteiger partial charge in [0.2, 0.25) is 0 Å². The summed E-state index contributed by atoms with van der Waals surface area (Å²) < 4.78 is 0.739. The number of carbonyl (C=O) groups excluding carboxylic acids is 1. The first-order chi connectivity index (χ1) is 10.1. The SMILES string of the molecule is C=CCN(Cc1ccc(Cl)s1)C(=O)c1ccc(CC)cc1. The van der Waals surface area contributed by atoms with Crippen molar-refractivity contribution >= 4 is 28.8 Å². The zero-order valence-electron chi connectivity index (χ0n) is 12.0. The molecule has 2 aromatic rings. The van der Waals surface area contributed by atoms with E-state index in [-0.39, 0.29) is 5.91 Å². The molecule has 0 saturated carbocycles. The monoisotopic (exact) mass is 319 g/mol. The number of aryl methyl sites for hydroxylation is 1. The molecule has 0 fully saturated rings. The Labute approximate surface area is 134 Å². The second-order valence-corrected chi connectivity index (χ2v) is 6.53. The van der Waals surface area contributed by atoms with Gasteiger partial charge in [0.15, 0.2) is 0 Å². The van der Waals surface area contributed by atoms with Crippen molar-refractivity contribution in [2.24, 2.45) is 0 Å². The average molecular weight is 320 g/mol. The molecule has 1 amide bonds. The largest absolute Gasteiger partial charge is 0.330 e. The molecular formula is C17H18ClNOS. The van der Waals surface area contributed by atoms with Crippen LogP contribution in [0.25, 0.3) is 0 Å². The van der Waals surface area contributed by atoms with Crippen LogP contribution in [0.5, 0.6) is 0 Å². The quantitative estimate of drug-likeness (QED) is 0.701. The average Bonchev–Trinajstić information content (AvgIpc) is 2.91. The third-order valence-electron chi connectivity index (χ3n) is 3.22. The van der Waals surface area contributed by atoms with E-state index in [0.717, 1.165) is 15.6 Å². The number of carbonyl (C=O) groups is 1. The lowest BCUT2D eigenvalue weighted by atomic mass is 10.1. The van der Waals surface area contributed by atoms with Crippen molar-refractivity contribution in [2.75, 3.05) is 6.54 Å². The second-order valence-electron chi connectivity index (χ2n) is 4.73. The molecule has 0 aliphatic rings. The van der Waals surface area contributed by atoms with Crippen molar-refractivity contribution in [3.05, 3.63) is 69.4 Å². The number of nitrogens with zero attached hydrogens (tertiary/aromatic N) is 1. The molecule has 0 spiro atoms. The summed E-state index contributed by atoms with van der Waals surface area (Å²) in [5.74, 6) is 0.0158. The Morgan fingerprint density at radius 2 is 2.00 bits per heavy atom. The van der Waals surface area contributed by atoms with Crippen molar-refractivity contribution in [2.45, 2.75) is 19.9 Å². The predicted octanol–water partition coefficient (Wildman–Crippen LogP) is 4.79. The van der Waals surface area contributed by atoms with Crippen LogP contribution in [0.2, 0.25) is 4.34 Å². The third-order valence-corrected chi connectivity index (χ3v) is 4.44. The van der Waals surface area contributed by atoms with Gasteiger partial charge in [-0.05, 0) is 36.2 Å². The minimum atomic E-state index is 0.0158. The zero-order valence-corrected chi connectivity index (χ0v) is 13.6. The molecule has 4 heteroatoms. The Kier molecular flexibility index (Phi) is 5.59. The van der Waals surface area contributed by atoms with Crippen molar-refractivity contribution in [3.63, 3.8) is 0 Å². The summed E-state index contributed by atoms with van der Waals surface area (Å²) in [5.41, 5.74) is 1.93. The lowest BCUT2D eigenvalue weighted by molar-refractivity contribution is 0.0764. The summed E-state index contributed by atoms with van der Waals surface area (Å²) in [5, 5.41) is 0. The van der Waals surface area contributed by atoms with E-state index in [1.807, 2.05) is 36.4 Å². The molecule has 110 valence electrons. The van der Waals surface area contributed by atoms with Gasteiger partial charge in [0.25, 0.3) is 5.91 Å². The van der Waals surface area contributed by atoms with Gasteiger partial charge < -0.3 is 4.90 Å². The number of thiophene rings is 1. The second kappa shape index (κ2) is 7.43. The fourth-order valence-electron chi connectivity index (χ4n) is 2.07. The summed E-state index contributed by atoms with van der Waals surface area (Å²) in [6, 6.07) is 11.6. The summed E-state index contributed by atoms with van der Waals surface area (Å²) in [6.07, 6.45) is 2.71. The normalized spacial score (nSPS) is 10.4. The minimum absolute atomic E-state index is 0.0158. The summed E-state index contributed by atoms with van der Waals surface area (Å²) in [7, 11) is 0. The molecule has 1 aromatic carbocycles. The highest BCUT2D eigenvalue weighted by Crippen LogP contribution is 2.23. The molecule has 1 aromatic heterocycles. The molecule has 0 radical (unpaired) electrons. The van der Waals surface area contributed by atoms with E-state index in [1.54, 1.807) is 11.0 Å². The van der Waals surface area contributed by atoms with Crippen LogP contribution >= 0.6 is 22.9 Å². The molecule has 0 bridgehead atoms. The standard InChI is InChI=1S/C17H18ClNOS/c1-3-11-19(12-15-9-10-16(18)21-15)17(20)14-7-5-13(4-2)6-8-14/h3,5-10H,1,4,11-12H2,2H3. The number of amides is 1. The van der Waals surface area contributed by atoms with Gasteiger partial charge in [-0.25, -0.2) is 0 Å². The van der Waals surface area contributed by atoms with Crippen molar-refractivity contribution < 1.29 is 4.79 Å². The van der Waals surface area contributed by atoms with Crippen LogP contribution in [0.4, 0.5) is 0 Å². The molecule has 0 N–H and O–H groups in total. The Bertz CT molecular complexity index is 618. The van der Waals surface area contributed by atoms with Crippen molar-refractivity contribution in [1.29, 1.82) is 0 Å². The first-order valence-electron chi connectivity index (χ1n) is 6.87. The summed E-state index contributed by atoms with van der Waals surface area (Å²) in [6.45, 7) is 6.90. The van der Waals surface area contributed by atoms with Gasteiger partial charge in [-0.2, -0.15) is 0 Å². The highest BCUT2D eigenvalue weighted by Gasteiger charge is 2.15. The van der Waals surface area contributed by atoms with E-state index in [9.17, 15) is 4.79 Å². The smallest absolute Gasteiger partial charge is 0.254 e. The molecule has 21 heavy (non-hydrogen) atoms. The number of rotatable bonds is 6. The number of hydrogen-bond acceptors (Lipinski definition) is 2. The van der Waals surface area contributed by atoms with Crippen LogP contribution in [-0.2, 0) is 13.0 Å². The maximum Gasteiger partial charge on any atom is 0.254 e. The van der Waals surface area contributed by atoms with Gasteiger partial charge in [0.05, 0.1) is 10.9 Å². The molecule has 0 atom stereocenters. The van der Waals surface area contributed by atoms with Gasteiger partial charge >= 0.3 is 0 Å². The molecule has 1 heterocycles. The highest BCUT2D eigenvalue weighted by atomic mass is 35.5. The van der Waals surface area contributed by atoms with Crippen LogP contribution in [-0.4, -0.2) is 17.4 Å². The maximum absolute atomic E-state index is 12.6. The van der Waals surface area contributed by atoms with E-state index in [2.05, 4.69) is 13.5 Å². The molecule has 0 unspecified atom stereocenters. The van der Waals surface area contributed by atoms with Crippen LogP contribution in [0.15, 0.2) is 49.1 Å². The third kappa shape index (κ3) is 4.19. The number of halogens is 1. The van der Waals surface area contributed by atoms with Crippen molar-refractivity contribution in [3.8, 4) is 0 Å². The minimum Gasteiger partial charge on any atom is -0.330 e. The van der Waals surface area contributed by atoms with Gasteiger partial charge in [-0.3, -0.25) is 4.79 Å². The Balaban J connectivity index is 2.15. The molecule has 0 aliphatic carbocycles. The molecular weight excluding hydrogens is 302 g/mol. The summed E-state index contributed by atoms with van der Waals surface area (Å²) >= 11 is 7.44.